The van der Waals surface area contributed by atoms with Gasteiger partial charge < -0.3 is 20.3 Å². The Morgan fingerprint density at radius 2 is 1.76 bits per heavy atom. The molecule has 0 aromatic heterocycles. The Morgan fingerprint density at radius 1 is 1.15 bits per heavy atom. The average molecular weight is 473 g/mol. The van der Waals surface area contributed by atoms with E-state index in [9.17, 15) is 9.00 Å². The normalized spacial score (nSPS) is 15.5. The molecule has 1 saturated heterocycles. The fourth-order valence-electron chi connectivity index (χ4n) is 4.21. The molecule has 3 rings (SSSR count). The molecule has 1 heterocycles. The zero-order chi connectivity index (χ0) is 24.0. The molecule has 1 fully saturated rings. The van der Waals surface area contributed by atoms with Crippen LogP contribution in [0.1, 0.15) is 30.4 Å². The van der Waals surface area contributed by atoms with Crippen LogP contribution < -0.4 is 20.3 Å². The number of hydrogen-bond acceptors (Lipinski definition) is 5. The first-order valence-corrected chi connectivity index (χ1v) is 12.5. The van der Waals surface area contributed by atoms with E-state index in [0.29, 0.717) is 12.6 Å². The van der Waals surface area contributed by atoms with E-state index < -0.39 is 11.0 Å². The van der Waals surface area contributed by atoms with Gasteiger partial charge >= 0.3 is 0 Å². The molecule has 1 aliphatic heterocycles. The number of anilines is 2. The summed E-state index contributed by atoms with van der Waals surface area (Å²) in [6, 6.07) is 12.4. The maximum absolute atomic E-state index is 13.0. The van der Waals surface area contributed by atoms with E-state index in [0.717, 1.165) is 53.4 Å². The predicted molar refractivity (Wildman–Crippen MR) is 135 cm³/mol. The molecule has 0 spiro atoms. The van der Waals surface area contributed by atoms with E-state index in [1.807, 2.05) is 45.2 Å². The van der Waals surface area contributed by atoms with Crippen LogP contribution in [0.15, 0.2) is 41.3 Å². The van der Waals surface area contributed by atoms with Crippen molar-refractivity contribution in [2.75, 3.05) is 51.1 Å². The SMILES string of the molecule is CNC1CCN(c2ccc(NC(=O)CCN(C)S(=O)c3c(C)cc(OC)cc3C)cc2)CC1. The molecule has 180 valence electrons. The fraction of sp³-hybridized carbons (Fsp3) is 0.480. The van der Waals surface area contributed by atoms with Gasteiger partial charge in [0.05, 0.1) is 12.0 Å². The molecular weight excluding hydrogens is 436 g/mol. The highest BCUT2D eigenvalue weighted by Gasteiger charge is 2.19. The van der Waals surface area contributed by atoms with Crippen LogP contribution in [0.2, 0.25) is 0 Å². The number of carbonyl (C=O) groups excluding carboxylic acids is 1. The molecule has 0 saturated carbocycles. The van der Waals surface area contributed by atoms with Gasteiger partial charge in [0.15, 0.2) is 0 Å². The zero-order valence-corrected chi connectivity index (χ0v) is 21.1. The van der Waals surface area contributed by atoms with Crippen molar-refractivity contribution in [2.45, 2.75) is 44.0 Å². The van der Waals surface area contributed by atoms with Gasteiger partial charge in [-0.3, -0.25) is 4.79 Å². The van der Waals surface area contributed by atoms with Gasteiger partial charge in [0, 0.05) is 50.5 Å². The van der Waals surface area contributed by atoms with Crippen molar-refractivity contribution in [3.05, 3.63) is 47.5 Å². The smallest absolute Gasteiger partial charge is 0.225 e. The summed E-state index contributed by atoms with van der Waals surface area (Å²) in [6.45, 7) is 6.31. The third-order valence-electron chi connectivity index (χ3n) is 6.20. The monoisotopic (exact) mass is 472 g/mol. The first-order valence-electron chi connectivity index (χ1n) is 11.4. The Morgan fingerprint density at radius 3 is 2.30 bits per heavy atom. The number of amides is 1. The molecule has 1 unspecified atom stereocenters. The summed E-state index contributed by atoms with van der Waals surface area (Å²) in [5, 5.41) is 6.30. The lowest BCUT2D eigenvalue weighted by molar-refractivity contribution is -0.116. The summed E-state index contributed by atoms with van der Waals surface area (Å²) >= 11 is 0. The molecule has 33 heavy (non-hydrogen) atoms. The van der Waals surface area contributed by atoms with Crippen LogP contribution in [0.3, 0.4) is 0 Å². The van der Waals surface area contributed by atoms with Gasteiger partial charge in [-0.15, -0.1) is 0 Å². The van der Waals surface area contributed by atoms with Crippen LogP contribution in [0.4, 0.5) is 11.4 Å². The van der Waals surface area contributed by atoms with Gasteiger partial charge in [0.25, 0.3) is 0 Å². The van der Waals surface area contributed by atoms with Gasteiger partial charge in [-0.25, -0.2) is 8.51 Å². The summed E-state index contributed by atoms with van der Waals surface area (Å²) in [6.07, 6.45) is 2.54. The van der Waals surface area contributed by atoms with Gasteiger partial charge in [0.1, 0.15) is 16.7 Å². The van der Waals surface area contributed by atoms with E-state index >= 15 is 0 Å². The van der Waals surface area contributed by atoms with Gasteiger partial charge in [-0.2, -0.15) is 0 Å². The number of benzene rings is 2. The number of nitrogens with one attached hydrogen (secondary N) is 2. The van der Waals surface area contributed by atoms with Crippen LogP contribution in [0, 0.1) is 13.8 Å². The molecule has 2 aromatic rings. The van der Waals surface area contributed by atoms with Crippen LogP contribution >= 0.6 is 0 Å². The minimum atomic E-state index is -1.35. The minimum absolute atomic E-state index is 0.0930. The molecule has 0 aliphatic carbocycles. The maximum atomic E-state index is 13.0. The van der Waals surface area contributed by atoms with Crippen molar-refractivity contribution < 1.29 is 13.7 Å². The molecule has 8 heteroatoms. The van der Waals surface area contributed by atoms with E-state index in [-0.39, 0.29) is 12.3 Å². The van der Waals surface area contributed by atoms with Gasteiger partial charge in [0.2, 0.25) is 5.91 Å². The van der Waals surface area contributed by atoms with Gasteiger partial charge in [-0.1, -0.05) is 0 Å². The first kappa shape index (κ1) is 25.2. The van der Waals surface area contributed by atoms with E-state index in [1.54, 1.807) is 18.5 Å². The number of piperidine rings is 1. The highest BCUT2D eigenvalue weighted by molar-refractivity contribution is 7.82. The van der Waals surface area contributed by atoms with Crippen molar-refractivity contribution in [3.63, 3.8) is 0 Å². The quantitative estimate of drug-likeness (QED) is 0.585. The highest BCUT2D eigenvalue weighted by atomic mass is 32.2. The van der Waals surface area contributed by atoms with Crippen LogP contribution in [0.5, 0.6) is 5.75 Å². The number of rotatable bonds is 9. The summed E-state index contributed by atoms with van der Waals surface area (Å²) < 4.78 is 20.0. The molecule has 1 amide bonds. The van der Waals surface area contributed by atoms with Gasteiger partial charge in [-0.05, 0) is 81.3 Å². The second-order valence-corrected chi connectivity index (χ2v) is 10.1. The molecule has 0 radical (unpaired) electrons. The Hall–Kier alpha value is -2.42. The predicted octanol–water partition coefficient (Wildman–Crippen LogP) is 3.48. The lowest BCUT2D eigenvalue weighted by Gasteiger charge is -2.33. The molecular formula is C25H36N4O3S. The molecule has 2 aromatic carbocycles. The fourth-order valence-corrected chi connectivity index (χ4v) is 5.44. The Kier molecular flexibility index (Phi) is 8.88. The van der Waals surface area contributed by atoms with Crippen LogP contribution in [-0.4, -0.2) is 61.3 Å². The summed E-state index contributed by atoms with van der Waals surface area (Å²) in [5.74, 6) is 0.658. The standard InChI is InChI=1S/C25H36N4O3S/c1-18-16-23(32-5)17-19(2)25(18)33(31)28(4)13-12-24(30)27-21-6-8-22(9-7-21)29-14-10-20(26-3)11-15-29/h6-9,16-17,20,26H,10-15H2,1-5H3,(H,27,30). The zero-order valence-electron chi connectivity index (χ0n) is 20.3. The van der Waals surface area contributed by atoms with E-state index in [2.05, 4.69) is 27.7 Å². The third kappa shape index (κ3) is 6.56. The number of hydrogen-bond donors (Lipinski definition) is 2. The Labute approximate surface area is 200 Å². The number of aryl methyl sites for hydroxylation is 2. The van der Waals surface area contributed by atoms with Crippen molar-refractivity contribution in [2.24, 2.45) is 0 Å². The van der Waals surface area contributed by atoms with Crippen molar-refractivity contribution in [1.29, 1.82) is 0 Å². The highest BCUT2D eigenvalue weighted by Crippen LogP contribution is 2.26. The molecule has 7 nitrogen and oxygen atoms in total. The summed E-state index contributed by atoms with van der Waals surface area (Å²) in [7, 11) is 4.07. The number of nitrogens with zero attached hydrogens (tertiary/aromatic N) is 2. The molecule has 1 atom stereocenters. The van der Waals surface area contributed by atoms with Crippen molar-refractivity contribution in [3.8, 4) is 5.75 Å². The number of methoxy groups -OCH3 is 1. The lowest BCUT2D eigenvalue weighted by atomic mass is 10.0. The molecule has 2 N–H and O–H groups in total. The van der Waals surface area contributed by atoms with Crippen molar-refractivity contribution in [1.82, 2.24) is 9.62 Å². The van der Waals surface area contributed by atoms with Crippen LogP contribution in [-0.2, 0) is 15.8 Å². The number of ether oxygens (including phenoxy) is 1. The topological polar surface area (TPSA) is 73.9 Å². The number of carbonyl (C=O) groups is 1. The largest absolute Gasteiger partial charge is 0.497 e. The third-order valence-corrected chi connectivity index (χ3v) is 7.94. The first-order chi connectivity index (χ1) is 15.8. The molecule has 1 aliphatic rings. The summed E-state index contributed by atoms with van der Waals surface area (Å²) in [5.41, 5.74) is 3.79. The second kappa shape index (κ2) is 11.6. The minimum Gasteiger partial charge on any atom is -0.497 e. The Balaban J connectivity index is 1.50. The Bertz CT molecular complexity index is 949. The molecule has 0 bridgehead atoms. The maximum Gasteiger partial charge on any atom is 0.225 e. The van der Waals surface area contributed by atoms with E-state index in [4.69, 9.17) is 4.74 Å². The average Bonchev–Trinajstić information content (AvgIpc) is 2.82. The summed E-state index contributed by atoms with van der Waals surface area (Å²) in [4.78, 5) is 15.6. The van der Waals surface area contributed by atoms with E-state index in [1.165, 1.54) is 5.69 Å². The van der Waals surface area contributed by atoms with Crippen LogP contribution in [0.25, 0.3) is 0 Å². The second-order valence-electron chi connectivity index (χ2n) is 8.59. The lowest BCUT2D eigenvalue weighted by Crippen LogP contribution is -2.41. The van der Waals surface area contributed by atoms with Crippen molar-refractivity contribution >= 4 is 28.3 Å².